The molecule has 0 radical (unpaired) electrons. The molecule has 0 spiro atoms. The van der Waals surface area contributed by atoms with Gasteiger partial charge in [0.1, 0.15) is 0 Å². The van der Waals surface area contributed by atoms with E-state index in [1.54, 1.807) is 11.9 Å². The van der Waals surface area contributed by atoms with Gasteiger partial charge in [0, 0.05) is 39.5 Å². The molecule has 0 bridgehead atoms. The second-order valence-electron chi connectivity index (χ2n) is 5.54. The topological polar surface area (TPSA) is 69.8 Å². The zero-order chi connectivity index (χ0) is 14.4. The summed E-state index contributed by atoms with van der Waals surface area (Å²) in [5, 5.41) is 9.23. The van der Waals surface area contributed by atoms with Gasteiger partial charge in [0.15, 0.2) is 0 Å². The first-order chi connectivity index (χ1) is 8.88. The number of aliphatic hydroxyl groups excluding tert-OH is 1. The smallest absolute Gasteiger partial charge is 0.223 e. The van der Waals surface area contributed by atoms with Crippen LogP contribution in [0.1, 0.15) is 25.7 Å². The number of carbonyl (C=O) groups excluding carboxylic acids is 1. The van der Waals surface area contributed by atoms with E-state index in [0.717, 1.165) is 25.9 Å². The molecule has 1 aliphatic carbocycles. The predicted molar refractivity (Wildman–Crippen MR) is 79.9 cm³/mol. The van der Waals surface area contributed by atoms with E-state index in [4.69, 9.17) is 18.0 Å². The fourth-order valence-corrected chi connectivity index (χ4v) is 2.35. The van der Waals surface area contributed by atoms with Gasteiger partial charge in [-0.05, 0) is 25.8 Å². The Morgan fingerprint density at radius 3 is 2.47 bits per heavy atom. The van der Waals surface area contributed by atoms with Gasteiger partial charge in [-0.15, -0.1) is 0 Å². The normalized spacial score (nSPS) is 22.1. The molecule has 1 aliphatic rings. The number of hydrogen-bond acceptors (Lipinski definition) is 4. The second-order valence-corrected chi connectivity index (χ2v) is 6.06. The Balaban J connectivity index is 2.12. The van der Waals surface area contributed by atoms with Crippen molar-refractivity contribution in [3.63, 3.8) is 0 Å². The van der Waals surface area contributed by atoms with E-state index in [9.17, 15) is 9.90 Å². The standard InChI is InChI=1S/C13H25N3O2S/c1-15(9-10-7-11(17)8-10)5-4-13(18)16(2)6-3-12(14)19/h10-11,17H,3-9H2,1-2H3,(H2,14,19). The Morgan fingerprint density at radius 1 is 1.32 bits per heavy atom. The van der Waals surface area contributed by atoms with Crippen molar-refractivity contribution in [2.75, 3.05) is 33.7 Å². The van der Waals surface area contributed by atoms with E-state index in [-0.39, 0.29) is 12.0 Å². The van der Waals surface area contributed by atoms with Crippen molar-refractivity contribution in [1.29, 1.82) is 0 Å². The lowest BCUT2D eigenvalue weighted by molar-refractivity contribution is -0.130. The van der Waals surface area contributed by atoms with Crippen molar-refractivity contribution in [3.05, 3.63) is 0 Å². The lowest BCUT2D eigenvalue weighted by Crippen LogP contribution is -2.38. The number of rotatable bonds is 8. The maximum Gasteiger partial charge on any atom is 0.223 e. The highest BCUT2D eigenvalue weighted by Gasteiger charge is 2.27. The molecule has 0 atom stereocenters. The molecule has 0 heterocycles. The van der Waals surface area contributed by atoms with Gasteiger partial charge < -0.3 is 20.6 Å². The van der Waals surface area contributed by atoms with Crippen LogP contribution in [0, 0.1) is 5.92 Å². The van der Waals surface area contributed by atoms with Gasteiger partial charge in [-0.2, -0.15) is 0 Å². The summed E-state index contributed by atoms with van der Waals surface area (Å²) in [5.74, 6) is 0.708. The van der Waals surface area contributed by atoms with Gasteiger partial charge in [-0.3, -0.25) is 4.79 Å². The zero-order valence-electron chi connectivity index (χ0n) is 11.8. The first-order valence-corrected chi connectivity index (χ1v) is 7.18. The van der Waals surface area contributed by atoms with Crippen LogP contribution in [-0.2, 0) is 4.79 Å². The van der Waals surface area contributed by atoms with Crippen molar-refractivity contribution in [1.82, 2.24) is 9.80 Å². The molecule has 0 saturated heterocycles. The number of thiocarbonyl (C=S) groups is 1. The highest BCUT2D eigenvalue weighted by molar-refractivity contribution is 7.80. The Hall–Kier alpha value is -0.720. The minimum Gasteiger partial charge on any atom is -0.393 e. The maximum atomic E-state index is 11.9. The van der Waals surface area contributed by atoms with E-state index in [1.165, 1.54) is 0 Å². The van der Waals surface area contributed by atoms with Crippen molar-refractivity contribution in [2.45, 2.75) is 31.8 Å². The highest BCUT2D eigenvalue weighted by Crippen LogP contribution is 2.27. The number of carbonyl (C=O) groups is 1. The van der Waals surface area contributed by atoms with E-state index in [0.29, 0.717) is 30.3 Å². The van der Waals surface area contributed by atoms with Crippen LogP contribution in [0.25, 0.3) is 0 Å². The first kappa shape index (κ1) is 16.3. The number of nitrogens with zero attached hydrogens (tertiary/aromatic N) is 2. The van der Waals surface area contributed by atoms with Crippen LogP contribution < -0.4 is 5.73 Å². The van der Waals surface area contributed by atoms with Gasteiger partial charge in [0.2, 0.25) is 5.91 Å². The molecular weight excluding hydrogens is 262 g/mol. The quantitative estimate of drug-likeness (QED) is 0.625. The third-order valence-corrected chi connectivity index (χ3v) is 3.81. The van der Waals surface area contributed by atoms with Crippen molar-refractivity contribution >= 4 is 23.1 Å². The lowest BCUT2D eigenvalue weighted by Gasteiger charge is -2.34. The molecule has 110 valence electrons. The molecule has 5 nitrogen and oxygen atoms in total. The van der Waals surface area contributed by atoms with Crippen LogP contribution in [0.5, 0.6) is 0 Å². The molecule has 0 aliphatic heterocycles. The molecule has 1 amide bonds. The van der Waals surface area contributed by atoms with Crippen molar-refractivity contribution in [2.24, 2.45) is 11.7 Å². The monoisotopic (exact) mass is 287 g/mol. The average Bonchev–Trinajstić information content (AvgIpc) is 2.30. The van der Waals surface area contributed by atoms with Gasteiger partial charge in [-0.1, -0.05) is 12.2 Å². The van der Waals surface area contributed by atoms with Crippen molar-refractivity contribution in [3.8, 4) is 0 Å². The van der Waals surface area contributed by atoms with Gasteiger partial charge in [0.05, 0.1) is 11.1 Å². The Morgan fingerprint density at radius 2 is 1.95 bits per heavy atom. The molecule has 6 heteroatoms. The summed E-state index contributed by atoms with van der Waals surface area (Å²) in [5.41, 5.74) is 5.42. The number of aliphatic hydroxyl groups is 1. The van der Waals surface area contributed by atoms with Crippen LogP contribution >= 0.6 is 12.2 Å². The fourth-order valence-electron chi connectivity index (χ4n) is 2.26. The molecule has 0 aromatic heterocycles. The SMILES string of the molecule is CN(CCC(=O)N(C)CCC(N)=S)CC1CC(O)C1. The molecule has 0 aromatic carbocycles. The molecule has 1 rings (SSSR count). The van der Waals surface area contributed by atoms with Crippen LogP contribution in [0.3, 0.4) is 0 Å². The van der Waals surface area contributed by atoms with Crippen LogP contribution in [0.4, 0.5) is 0 Å². The largest absolute Gasteiger partial charge is 0.393 e. The molecule has 3 N–H and O–H groups in total. The van der Waals surface area contributed by atoms with Gasteiger partial charge >= 0.3 is 0 Å². The van der Waals surface area contributed by atoms with Crippen molar-refractivity contribution < 1.29 is 9.90 Å². The molecule has 0 unspecified atom stereocenters. The third-order valence-electron chi connectivity index (χ3n) is 3.61. The Bertz CT molecular complexity index is 319. The lowest BCUT2D eigenvalue weighted by atomic mass is 9.82. The van der Waals surface area contributed by atoms with E-state index < -0.39 is 0 Å². The minimum absolute atomic E-state index is 0.105. The fraction of sp³-hybridized carbons (Fsp3) is 0.846. The van der Waals surface area contributed by atoms with E-state index in [1.807, 2.05) is 7.05 Å². The second kappa shape index (κ2) is 7.77. The summed E-state index contributed by atoms with van der Waals surface area (Å²) in [7, 11) is 3.80. The minimum atomic E-state index is -0.105. The summed E-state index contributed by atoms with van der Waals surface area (Å²) in [6.45, 7) is 2.30. The van der Waals surface area contributed by atoms with E-state index >= 15 is 0 Å². The molecular formula is C13H25N3O2S. The predicted octanol–water partition coefficient (Wildman–Crippen LogP) is 0.214. The summed E-state index contributed by atoms with van der Waals surface area (Å²) in [6.07, 6.45) is 2.77. The Kier molecular flexibility index (Phi) is 6.68. The molecule has 1 saturated carbocycles. The van der Waals surface area contributed by atoms with Crippen LogP contribution in [0.15, 0.2) is 0 Å². The highest BCUT2D eigenvalue weighted by atomic mass is 32.1. The number of hydrogen-bond donors (Lipinski definition) is 2. The van der Waals surface area contributed by atoms with E-state index in [2.05, 4.69) is 4.90 Å². The summed E-state index contributed by atoms with van der Waals surface area (Å²) >= 11 is 4.79. The van der Waals surface area contributed by atoms with Gasteiger partial charge in [0.25, 0.3) is 0 Å². The summed E-state index contributed by atoms with van der Waals surface area (Å²) in [6, 6.07) is 0. The summed E-state index contributed by atoms with van der Waals surface area (Å²) < 4.78 is 0. The van der Waals surface area contributed by atoms with Crippen LogP contribution in [0.2, 0.25) is 0 Å². The number of nitrogens with two attached hydrogens (primary N) is 1. The summed E-state index contributed by atoms with van der Waals surface area (Å²) in [4.78, 5) is 16.1. The van der Waals surface area contributed by atoms with Crippen LogP contribution in [-0.4, -0.2) is 65.6 Å². The maximum absolute atomic E-state index is 11.9. The van der Waals surface area contributed by atoms with Gasteiger partial charge in [-0.25, -0.2) is 0 Å². The molecule has 19 heavy (non-hydrogen) atoms. The molecule has 1 fully saturated rings. The number of amides is 1. The molecule has 0 aromatic rings. The Labute approximate surface area is 120 Å². The average molecular weight is 287 g/mol. The first-order valence-electron chi connectivity index (χ1n) is 6.77. The zero-order valence-corrected chi connectivity index (χ0v) is 12.7. The third kappa shape index (κ3) is 6.31.